The maximum Gasteiger partial charge on any atom is 0.305 e. The second kappa shape index (κ2) is 7.10. The number of amides is 1. The van der Waals surface area contributed by atoms with Crippen LogP contribution in [0.2, 0.25) is 0 Å². The Morgan fingerprint density at radius 2 is 2.30 bits per heavy atom. The van der Waals surface area contributed by atoms with Crippen LogP contribution in [0.15, 0.2) is 41.9 Å². The molecule has 0 radical (unpaired) electrons. The van der Waals surface area contributed by atoms with Crippen molar-refractivity contribution in [3.05, 3.63) is 42.5 Å². The van der Waals surface area contributed by atoms with Crippen LogP contribution in [0.25, 0.3) is 0 Å². The highest BCUT2D eigenvalue weighted by Crippen LogP contribution is 2.32. The van der Waals surface area contributed by atoms with Gasteiger partial charge in [-0.2, -0.15) is 0 Å². The molecule has 2 aromatic rings. The summed E-state index contributed by atoms with van der Waals surface area (Å²) in [6.07, 6.45) is 6.01. The number of carbonyl (C=O) groups excluding carboxylic acids is 1. The molecule has 9 nitrogen and oxygen atoms in total. The van der Waals surface area contributed by atoms with Crippen LogP contribution in [0.4, 0.5) is 5.69 Å². The van der Waals surface area contributed by atoms with Gasteiger partial charge in [0.05, 0.1) is 25.0 Å². The number of carboxylic acids is 1. The normalized spacial score (nSPS) is 17.8. The fourth-order valence-electron chi connectivity index (χ4n) is 3.24. The van der Waals surface area contributed by atoms with Crippen molar-refractivity contribution in [3.8, 4) is 5.75 Å². The number of hydrogen-bond acceptors (Lipinski definition) is 6. The fourth-order valence-corrected chi connectivity index (χ4v) is 3.24. The molecule has 0 spiro atoms. The standard InChI is InChI=1S/C18H19N5O4/c24-16(25)9-15-17(26)21-18-20-14-3-2-13(8-12(14)10-23(15)18)27-7-1-5-22-6-4-19-11-22/h2-4,6,8,11,15H,1,5,7,9-10H2,(H,24,25)(H,20,21,26). The monoisotopic (exact) mass is 369 g/mol. The van der Waals surface area contributed by atoms with Crippen LogP contribution in [-0.4, -0.2) is 50.0 Å². The second-order valence-corrected chi connectivity index (χ2v) is 6.46. The number of guanidine groups is 1. The SMILES string of the molecule is O=C(O)CC1C(=O)NC2=Nc3ccc(OCCCn4ccnc4)cc3CN21. The summed E-state index contributed by atoms with van der Waals surface area (Å²) in [5, 5.41) is 11.7. The summed E-state index contributed by atoms with van der Waals surface area (Å²) >= 11 is 0. The molecule has 27 heavy (non-hydrogen) atoms. The van der Waals surface area contributed by atoms with Crippen molar-refractivity contribution in [2.45, 2.75) is 32.0 Å². The summed E-state index contributed by atoms with van der Waals surface area (Å²) in [5.41, 5.74) is 1.65. The number of nitrogens with one attached hydrogen (secondary N) is 1. The average molecular weight is 369 g/mol. The first-order chi connectivity index (χ1) is 13.1. The number of aliphatic carboxylic acids is 1. The first-order valence-corrected chi connectivity index (χ1v) is 8.69. The first-order valence-electron chi connectivity index (χ1n) is 8.69. The number of ether oxygens (including phenoxy) is 1. The molecule has 1 fully saturated rings. The molecule has 4 rings (SSSR count). The molecule has 1 aromatic carbocycles. The fraction of sp³-hybridized carbons (Fsp3) is 0.333. The molecule has 0 bridgehead atoms. The number of rotatable bonds is 7. The van der Waals surface area contributed by atoms with Gasteiger partial charge < -0.3 is 19.3 Å². The largest absolute Gasteiger partial charge is 0.494 e. The van der Waals surface area contributed by atoms with E-state index in [-0.39, 0.29) is 12.3 Å². The number of aliphatic imine (C=N–C) groups is 1. The number of carbonyl (C=O) groups is 2. The Kier molecular flexibility index (Phi) is 4.49. The van der Waals surface area contributed by atoms with E-state index in [0.29, 0.717) is 19.1 Å². The molecule has 3 heterocycles. The summed E-state index contributed by atoms with van der Waals surface area (Å²) in [5.74, 6) is -0.212. The summed E-state index contributed by atoms with van der Waals surface area (Å²) in [7, 11) is 0. The predicted molar refractivity (Wildman–Crippen MR) is 95.6 cm³/mol. The smallest absolute Gasteiger partial charge is 0.305 e. The van der Waals surface area contributed by atoms with Crippen LogP contribution >= 0.6 is 0 Å². The van der Waals surface area contributed by atoms with Crippen molar-refractivity contribution in [2.75, 3.05) is 6.61 Å². The van der Waals surface area contributed by atoms with Gasteiger partial charge in [-0.3, -0.25) is 14.9 Å². The molecule has 1 unspecified atom stereocenters. The summed E-state index contributed by atoms with van der Waals surface area (Å²) < 4.78 is 7.81. The van der Waals surface area contributed by atoms with Crippen LogP contribution in [0.1, 0.15) is 18.4 Å². The Bertz CT molecular complexity index is 893. The van der Waals surface area contributed by atoms with E-state index < -0.39 is 12.0 Å². The van der Waals surface area contributed by atoms with Crippen LogP contribution in [-0.2, 0) is 22.7 Å². The topological polar surface area (TPSA) is 109 Å². The number of fused-ring (bicyclic) bond motifs is 2. The quantitative estimate of drug-likeness (QED) is 0.708. The molecule has 2 aliphatic heterocycles. The van der Waals surface area contributed by atoms with Crippen molar-refractivity contribution >= 4 is 23.5 Å². The third kappa shape index (κ3) is 3.62. The Balaban J connectivity index is 1.41. The van der Waals surface area contributed by atoms with E-state index in [2.05, 4.69) is 15.3 Å². The van der Waals surface area contributed by atoms with Crippen LogP contribution in [0.5, 0.6) is 5.75 Å². The minimum absolute atomic E-state index is 0.259. The number of nitrogens with zero attached hydrogens (tertiary/aromatic N) is 4. The lowest BCUT2D eigenvalue weighted by atomic mass is 10.1. The molecule has 0 saturated carbocycles. The maximum atomic E-state index is 12.0. The van der Waals surface area contributed by atoms with Gasteiger partial charge in [-0.05, 0) is 24.6 Å². The highest BCUT2D eigenvalue weighted by Gasteiger charge is 2.40. The van der Waals surface area contributed by atoms with Crippen molar-refractivity contribution < 1.29 is 19.4 Å². The van der Waals surface area contributed by atoms with Gasteiger partial charge in [0.2, 0.25) is 11.9 Å². The van der Waals surface area contributed by atoms with Gasteiger partial charge in [-0.15, -0.1) is 0 Å². The lowest BCUT2D eigenvalue weighted by Crippen LogP contribution is -2.38. The number of hydrogen-bond donors (Lipinski definition) is 2. The summed E-state index contributed by atoms with van der Waals surface area (Å²) in [6, 6.07) is 4.85. The molecule has 140 valence electrons. The average Bonchev–Trinajstić information content (AvgIpc) is 3.25. The number of benzene rings is 1. The van der Waals surface area contributed by atoms with Gasteiger partial charge >= 0.3 is 5.97 Å². The Hall–Kier alpha value is -3.36. The van der Waals surface area contributed by atoms with Gasteiger partial charge in [-0.1, -0.05) is 0 Å². The molecule has 0 aliphatic carbocycles. The van der Waals surface area contributed by atoms with E-state index in [1.165, 1.54) is 0 Å². The molecule has 2 aliphatic rings. The van der Waals surface area contributed by atoms with Crippen LogP contribution < -0.4 is 10.1 Å². The van der Waals surface area contributed by atoms with Crippen molar-refractivity contribution in [1.82, 2.24) is 19.8 Å². The van der Waals surface area contributed by atoms with E-state index >= 15 is 0 Å². The third-order valence-electron chi connectivity index (χ3n) is 4.56. The molecular weight excluding hydrogens is 350 g/mol. The van der Waals surface area contributed by atoms with Crippen LogP contribution in [0.3, 0.4) is 0 Å². The third-order valence-corrected chi connectivity index (χ3v) is 4.56. The molecular formula is C18H19N5O4. The zero-order valence-electron chi connectivity index (χ0n) is 14.5. The van der Waals surface area contributed by atoms with Gasteiger partial charge in [-0.25, -0.2) is 9.98 Å². The van der Waals surface area contributed by atoms with Crippen molar-refractivity contribution in [3.63, 3.8) is 0 Å². The van der Waals surface area contributed by atoms with E-state index in [0.717, 1.165) is 30.0 Å². The van der Waals surface area contributed by atoms with Gasteiger partial charge in [0.15, 0.2) is 0 Å². The summed E-state index contributed by atoms with van der Waals surface area (Å²) in [6.45, 7) is 1.81. The number of aryl methyl sites for hydroxylation is 1. The highest BCUT2D eigenvalue weighted by atomic mass is 16.5. The minimum Gasteiger partial charge on any atom is -0.494 e. The molecule has 9 heteroatoms. The van der Waals surface area contributed by atoms with Crippen molar-refractivity contribution in [1.29, 1.82) is 0 Å². The molecule has 1 saturated heterocycles. The predicted octanol–water partition coefficient (Wildman–Crippen LogP) is 1.13. The summed E-state index contributed by atoms with van der Waals surface area (Å²) in [4.78, 5) is 33.2. The van der Waals surface area contributed by atoms with Crippen molar-refractivity contribution in [2.24, 2.45) is 4.99 Å². The number of aromatic nitrogens is 2. The van der Waals surface area contributed by atoms with E-state index in [4.69, 9.17) is 9.84 Å². The molecule has 1 atom stereocenters. The minimum atomic E-state index is -1.02. The lowest BCUT2D eigenvalue weighted by Gasteiger charge is -2.27. The number of carboxylic acid groups (broad SMARTS) is 1. The second-order valence-electron chi connectivity index (χ2n) is 6.46. The van der Waals surface area contributed by atoms with Crippen LogP contribution in [0, 0.1) is 0 Å². The van der Waals surface area contributed by atoms with Gasteiger partial charge in [0.25, 0.3) is 0 Å². The van der Waals surface area contributed by atoms with Gasteiger partial charge in [0.1, 0.15) is 11.8 Å². The van der Waals surface area contributed by atoms with E-state index in [9.17, 15) is 9.59 Å². The molecule has 1 amide bonds. The molecule has 1 aromatic heterocycles. The Labute approximate surface area is 155 Å². The van der Waals surface area contributed by atoms with E-state index in [1.54, 1.807) is 17.4 Å². The highest BCUT2D eigenvalue weighted by molar-refractivity contribution is 6.08. The Morgan fingerprint density at radius 1 is 1.41 bits per heavy atom. The zero-order chi connectivity index (χ0) is 18.8. The maximum absolute atomic E-state index is 12.0. The lowest BCUT2D eigenvalue weighted by molar-refractivity contribution is -0.140. The molecule has 2 N–H and O–H groups in total. The Morgan fingerprint density at radius 3 is 3.07 bits per heavy atom. The number of imidazole rings is 1. The van der Waals surface area contributed by atoms with Gasteiger partial charge in [0, 0.05) is 31.0 Å². The van der Waals surface area contributed by atoms with E-state index in [1.807, 2.05) is 29.0 Å². The zero-order valence-corrected chi connectivity index (χ0v) is 14.5. The first kappa shape index (κ1) is 17.1.